The Bertz CT molecular complexity index is 441. The van der Waals surface area contributed by atoms with E-state index >= 15 is 0 Å². The SMILES string of the molecule is CCC1(CNc2ccc(C(N)=S)c(F)c2)CC1. The van der Waals surface area contributed by atoms with Crippen LogP contribution in [-0.4, -0.2) is 11.5 Å². The monoisotopic (exact) mass is 252 g/mol. The molecular weight excluding hydrogens is 235 g/mol. The Morgan fingerprint density at radius 1 is 1.53 bits per heavy atom. The maximum Gasteiger partial charge on any atom is 0.135 e. The van der Waals surface area contributed by atoms with Crippen LogP contribution in [0.4, 0.5) is 10.1 Å². The number of hydrogen-bond donors (Lipinski definition) is 2. The topological polar surface area (TPSA) is 38.0 Å². The molecule has 2 nitrogen and oxygen atoms in total. The van der Waals surface area contributed by atoms with Gasteiger partial charge in [-0.3, -0.25) is 0 Å². The van der Waals surface area contributed by atoms with Gasteiger partial charge < -0.3 is 11.1 Å². The average molecular weight is 252 g/mol. The molecule has 1 aliphatic rings. The first-order valence-corrected chi connectivity index (χ1v) is 6.30. The maximum atomic E-state index is 13.6. The molecule has 1 aromatic rings. The van der Waals surface area contributed by atoms with Crippen molar-refractivity contribution >= 4 is 22.9 Å². The number of hydrogen-bond acceptors (Lipinski definition) is 2. The summed E-state index contributed by atoms with van der Waals surface area (Å²) in [5.41, 5.74) is 6.95. The van der Waals surface area contributed by atoms with Crippen LogP contribution in [0.5, 0.6) is 0 Å². The van der Waals surface area contributed by atoms with Crippen LogP contribution in [-0.2, 0) is 0 Å². The number of thiocarbonyl (C=S) groups is 1. The normalized spacial score (nSPS) is 16.6. The zero-order valence-corrected chi connectivity index (χ0v) is 10.7. The summed E-state index contributed by atoms with van der Waals surface area (Å²) in [7, 11) is 0. The lowest BCUT2D eigenvalue weighted by Gasteiger charge is -2.15. The van der Waals surface area contributed by atoms with Crippen molar-refractivity contribution in [3.05, 3.63) is 29.6 Å². The predicted molar refractivity (Wildman–Crippen MR) is 72.7 cm³/mol. The number of anilines is 1. The van der Waals surface area contributed by atoms with Crippen molar-refractivity contribution < 1.29 is 4.39 Å². The van der Waals surface area contributed by atoms with Gasteiger partial charge in [0.2, 0.25) is 0 Å². The molecule has 0 aromatic heterocycles. The van der Waals surface area contributed by atoms with Gasteiger partial charge >= 0.3 is 0 Å². The zero-order valence-electron chi connectivity index (χ0n) is 9.92. The minimum absolute atomic E-state index is 0.0984. The molecule has 4 heteroatoms. The lowest BCUT2D eigenvalue weighted by Crippen LogP contribution is -2.15. The third-order valence-corrected chi connectivity index (χ3v) is 3.83. The summed E-state index contributed by atoms with van der Waals surface area (Å²) in [4.78, 5) is 0.0984. The van der Waals surface area contributed by atoms with Gasteiger partial charge in [-0.2, -0.15) is 0 Å². The number of benzene rings is 1. The van der Waals surface area contributed by atoms with Crippen molar-refractivity contribution in [3.8, 4) is 0 Å². The molecule has 3 N–H and O–H groups in total. The number of nitrogens with one attached hydrogen (secondary N) is 1. The largest absolute Gasteiger partial charge is 0.389 e. The van der Waals surface area contributed by atoms with E-state index in [2.05, 4.69) is 12.2 Å². The second-order valence-corrected chi connectivity index (χ2v) is 5.21. The molecule has 92 valence electrons. The van der Waals surface area contributed by atoms with E-state index in [1.807, 2.05) is 6.07 Å². The van der Waals surface area contributed by atoms with Crippen molar-refractivity contribution in [2.24, 2.45) is 11.1 Å². The van der Waals surface area contributed by atoms with E-state index in [1.54, 1.807) is 6.07 Å². The van der Waals surface area contributed by atoms with Crippen LogP contribution in [0.1, 0.15) is 31.7 Å². The number of halogens is 1. The summed E-state index contributed by atoms with van der Waals surface area (Å²) in [5.74, 6) is -0.358. The summed E-state index contributed by atoms with van der Waals surface area (Å²) in [6.45, 7) is 3.11. The molecule has 0 atom stereocenters. The number of nitrogens with two attached hydrogens (primary N) is 1. The summed E-state index contributed by atoms with van der Waals surface area (Å²) in [5, 5.41) is 3.28. The maximum absolute atomic E-state index is 13.6. The minimum atomic E-state index is -0.358. The molecule has 0 radical (unpaired) electrons. The first-order chi connectivity index (χ1) is 8.06. The fraction of sp³-hybridized carbons (Fsp3) is 0.462. The van der Waals surface area contributed by atoms with Gasteiger partial charge in [0.15, 0.2) is 0 Å². The molecule has 1 fully saturated rings. The fourth-order valence-electron chi connectivity index (χ4n) is 1.95. The van der Waals surface area contributed by atoms with Crippen LogP contribution < -0.4 is 11.1 Å². The van der Waals surface area contributed by atoms with E-state index in [9.17, 15) is 4.39 Å². The molecule has 0 saturated heterocycles. The second kappa shape index (κ2) is 4.61. The van der Waals surface area contributed by atoms with Crippen molar-refractivity contribution in [2.45, 2.75) is 26.2 Å². The Kier molecular flexibility index (Phi) is 3.33. The molecule has 0 aliphatic heterocycles. The highest BCUT2D eigenvalue weighted by molar-refractivity contribution is 7.80. The summed E-state index contributed by atoms with van der Waals surface area (Å²) < 4.78 is 13.6. The third-order valence-electron chi connectivity index (χ3n) is 3.61. The summed E-state index contributed by atoms with van der Waals surface area (Å²) >= 11 is 4.76. The van der Waals surface area contributed by atoms with Crippen molar-refractivity contribution in [1.29, 1.82) is 0 Å². The van der Waals surface area contributed by atoms with Crippen LogP contribution >= 0.6 is 12.2 Å². The highest BCUT2D eigenvalue weighted by Gasteiger charge is 2.40. The highest BCUT2D eigenvalue weighted by Crippen LogP contribution is 2.48. The molecule has 2 rings (SSSR count). The zero-order chi connectivity index (χ0) is 12.5. The molecule has 0 spiro atoms. The van der Waals surface area contributed by atoms with E-state index in [0.717, 1.165) is 12.2 Å². The summed E-state index contributed by atoms with van der Waals surface area (Å²) in [6.07, 6.45) is 3.71. The first kappa shape index (κ1) is 12.3. The Morgan fingerprint density at radius 3 is 2.71 bits per heavy atom. The van der Waals surface area contributed by atoms with Crippen LogP contribution in [0.2, 0.25) is 0 Å². The molecule has 0 bridgehead atoms. The lowest BCUT2D eigenvalue weighted by molar-refractivity contribution is 0.521. The quantitative estimate of drug-likeness (QED) is 0.791. The molecule has 0 heterocycles. The standard InChI is InChI=1S/C13H17FN2S/c1-2-13(5-6-13)8-16-9-3-4-10(12(15)17)11(14)7-9/h3-4,7,16H,2,5-6,8H2,1H3,(H2,15,17). The second-order valence-electron chi connectivity index (χ2n) is 4.77. The van der Waals surface area contributed by atoms with Crippen LogP contribution in [0.15, 0.2) is 18.2 Å². The molecule has 0 amide bonds. The average Bonchev–Trinajstić information content (AvgIpc) is 3.07. The van der Waals surface area contributed by atoms with Gasteiger partial charge in [0.05, 0.1) is 0 Å². The van der Waals surface area contributed by atoms with E-state index < -0.39 is 0 Å². The van der Waals surface area contributed by atoms with Crippen LogP contribution in [0.25, 0.3) is 0 Å². The molecule has 1 aromatic carbocycles. The molecule has 0 unspecified atom stereocenters. The molecule has 17 heavy (non-hydrogen) atoms. The Morgan fingerprint density at radius 2 is 2.24 bits per heavy atom. The molecule has 1 aliphatic carbocycles. The predicted octanol–water partition coefficient (Wildman–Crippen LogP) is 3.06. The van der Waals surface area contributed by atoms with Crippen LogP contribution in [0, 0.1) is 11.2 Å². The van der Waals surface area contributed by atoms with E-state index in [1.165, 1.54) is 25.3 Å². The van der Waals surface area contributed by atoms with Crippen LogP contribution in [0.3, 0.4) is 0 Å². The first-order valence-electron chi connectivity index (χ1n) is 5.89. The van der Waals surface area contributed by atoms with Gasteiger partial charge in [-0.25, -0.2) is 4.39 Å². The van der Waals surface area contributed by atoms with E-state index in [-0.39, 0.29) is 10.8 Å². The molecule has 1 saturated carbocycles. The van der Waals surface area contributed by atoms with E-state index in [4.69, 9.17) is 18.0 Å². The molecular formula is C13H17FN2S. The number of rotatable bonds is 5. The van der Waals surface area contributed by atoms with Gasteiger partial charge in [0.1, 0.15) is 10.8 Å². The van der Waals surface area contributed by atoms with Gasteiger partial charge in [-0.05, 0) is 42.9 Å². The Labute approximate surface area is 106 Å². The van der Waals surface area contributed by atoms with Gasteiger partial charge in [-0.15, -0.1) is 0 Å². The Hall–Kier alpha value is -1.16. The Balaban J connectivity index is 2.03. The highest BCUT2D eigenvalue weighted by atomic mass is 32.1. The summed E-state index contributed by atoms with van der Waals surface area (Å²) in [6, 6.07) is 4.91. The van der Waals surface area contributed by atoms with E-state index in [0.29, 0.717) is 11.0 Å². The third kappa shape index (κ3) is 2.75. The van der Waals surface area contributed by atoms with Crippen molar-refractivity contribution in [3.63, 3.8) is 0 Å². The van der Waals surface area contributed by atoms with Crippen molar-refractivity contribution in [1.82, 2.24) is 0 Å². The fourth-order valence-corrected chi connectivity index (χ4v) is 2.11. The smallest absolute Gasteiger partial charge is 0.135 e. The van der Waals surface area contributed by atoms with Crippen molar-refractivity contribution in [2.75, 3.05) is 11.9 Å². The lowest BCUT2D eigenvalue weighted by atomic mass is 10.0. The minimum Gasteiger partial charge on any atom is -0.389 e. The van der Waals surface area contributed by atoms with Gasteiger partial charge in [0, 0.05) is 17.8 Å². The van der Waals surface area contributed by atoms with Gasteiger partial charge in [0.25, 0.3) is 0 Å². The van der Waals surface area contributed by atoms with Gasteiger partial charge in [-0.1, -0.05) is 19.1 Å².